The number of nitrogens with one attached hydrogen (secondary N) is 1. The van der Waals surface area contributed by atoms with Crippen LogP contribution in [0, 0.1) is 0 Å². The van der Waals surface area contributed by atoms with E-state index in [0.717, 1.165) is 24.5 Å². The molecule has 0 saturated carbocycles. The van der Waals surface area contributed by atoms with Gasteiger partial charge in [-0.05, 0) is 51.1 Å². The van der Waals surface area contributed by atoms with Crippen LogP contribution in [0.3, 0.4) is 0 Å². The second kappa shape index (κ2) is 8.52. The van der Waals surface area contributed by atoms with E-state index in [2.05, 4.69) is 5.32 Å². The van der Waals surface area contributed by atoms with E-state index in [9.17, 15) is 4.79 Å². The Labute approximate surface area is 126 Å². The van der Waals surface area contributed by atoms with Crippen LogP contribution in [0.1, 0.15) is 33.6 Å². The largest absolute Gasteiger partial charge is 0.494 e. The van der Waals surface area contributed by atoms with Crippen molar-refractivity contribution in [2.75, 3.05) is 19.8 Å². The van der Waals surface area contributed by atoms with E-state index >= 15 is 0 Å². The molecule has 1 rings (SSSR count). The molecular formula is C16H26N2O3. The number of nitrogens with two attached hydrogens (primary N) is 1. The quantitative estimate of drug-likeness (QED) is 0.693. The Hall–Kier alpha value is -1.75. The third-order valence-corrected chi connectivity index (χ3v) is 3.31. The number of rotatable bonds is 10. The van der Waals surface area contributed by atoms with Crippen LogP contribution in [0.4, 0.5) is 0 Å². The number of carbonyl (C=O) groups excluding carboxylic acids is 1. The second-order valence-corrected chi connectivity index (χ2v) is 5.13. The maximum absolute atomic E-state index is 11.6. The lowest BCUT2D eigenvalue weighted by molar-refractivity contribution is -0.124. The molecule has 118 valence electrons. The van der Waals surface area contributed by atoms with Gasteiger partial charge in [-0.15, -0.1) is 0 Å². The molecule has 0 radical (unpaired) electrons. The van der Waals surface area contributed by atoms with Crippen molar-refractivity contribution in [3.63, 3.8) is 0 Å². The molecule has 0 saturated heterocycles. The van der Waals surface area contributed by atoms with Gasteiger partial charge in [0, 0.05) is 6.42 Å². The molecule has 0 aromatic heterocycles. The van der Waals surface area contributed by atoms with Gasteiger partial charge in [0.15, 0.2) is 0 Å². The van der Waals surface area contributed by atoms with Crippen molar-refractivity contribution >= 4 is 5.91 Å². The maximum atomic E-state index is 11.6. The van der Waals surface area contributed by atoms with E-state index in [1.54, 1.807) is 0 Å². The highest BCUT2D eigenvalue weighted by molar-refractivity contribution is 5.84. The van der Waals surface area contributed by atoms with Crippen molar-refractivity contribution in [3.05, 3.63) is 24.3 Å². The molecule has 3 N–H and O–H groups in total. The van der Waals surface area contributed by atoms with Crippen LogP contribution in [-0.2, 0) is 4.79 Å². The van der Waals surface area contributed by atoms with E-state index in [0.29, 0.717) is 19.6 Å². The van der Waals surface area contributed by atoms with Gasteiger partial charge in [-0.25, -0.2) is 0 Å². The lowest BCUT2D eigenvalue weighted by atomic mass is 9.97. The monoisotopic (exact) mass is 294 g/mol. The van der Waals surface area contributed by atoms with Gasteiger partial charge in [-0.1, -0.05) is 6.92 Å². The Morgan fingerprint density at radius 2 is 1.76 bits per heavy atom. The van der Waals surface area contributed by atoms with Gasteiger partial charge in [0.05, 0.1) is 18.8 Å². The van der Waals surface area contributed by atoms with Crippen LogP contribution in [0.5, 0.6) is 11.5 Å². The first-order valence-corrected chi connectivity index (χ1v) is 7.42. The van der Waals surface area contributed by atoms with Gasteiger partial charge >= 0.3 is 0 Å². The third kappa shape index (κ3) is 5.63. The van der Waals surface area contributed by atoms with E-state index in [1.165, 1.54) is 0 Å². The number of hydrogen-bond donors (Lipinski definition) is 2. The Kier molecular flexibility index (Phi) is 7.02. The number of ether oxygens (including phenoxy) is 2. The van der Waals surface area contributed by atoms with Gasteiger partial charge in [0.2, 0.25) is 5.91 Å². The van der Waals surface area contributed by atoms with E-state index in [1.807, 2.05) is 45.0 Å². The molecule has 5 heteroatoms. The first-order valence-electron chi connectivity index (χ1n) is 7.42. The predicted octanol–water partition coefficient (Wildman–Crippen LogP) is 2.10. The molecule has 0 heterocycles. The molecule has 5 nitrogen and oxygen atoms in total. The number of carbonyl (C=O) groups is 1. The fourth-order valence-electron chi connectivity index (χ4n) is 1.87. The van der Waals surface area contributed by atoms with Gasteiger partial charge < -0.3 is 20.5 Å². The van der Waals surface area contributed by atoms with Crippen molar-refractivity contribution in [3.8, 4) is 11.5 Å². The van der Waals surface area contributed by atoms with Crippen LogP contribution in [0.15, 0.2) is 24.3 Å². The lowest BCUT2D eigenvalue weighted by Crippen LogP contribution is -2.54. The van der Waals surface area contributed by atoms with E-state index in [-0.39, 0.29) is 5.91 Å². The number of benzene rings is 1. The molecule has 0 fully saturated rings. The highest BCUT2D eigenvalue weighted by atomic mass is 16.5. The molecule has 1 atom stereocenters. The predicted molar refractivity (Wildman–Crippen MR) is 83.6 cm³/mol. The summed E-state index contributed by atoms with van der Waals surface area (Å²) >= 11 is 0. The summed E-state index contributed by atoms with van der Waals surface area (Å²) in [6, 6.07) is 7.43. The summed E-state index contributed by atoms with van der Waals surface area (Å²) in [4.78, 5) is 11.6. The smallest absolute Gasteiger partial charge is 0.237 e. The SMILES string of the molecule is CCCNC(C)(CCOc1ccc(OCC)cc1)C(N)=O. The molecule has 0 aliphatic carbocycles. The molecule has 1 amide bonds. The summed E-state index contributed by atoms with van der Waals surface area (Å²) < 4.78 is 11.0. The molecule has 0 aliphatic heterocycles. The minimum absolute atomic E-state index is 0.355. The lowest BCUT2D eigenvalue weighted by Gasteiger charge is -2.27. The average molecular weight is 294 g/mol. The van der Waals surface area contributed by atoms with Crippen molar-refractivity contribution < 1.29 is 14.3 Å². The van der Waals surface area contributed by atoms with Crippen LogP contribution < -0.4 is 20.5 Å². The third-order valence-electron chi connectivity index (χ3n) is 3.31. The zero-order chi connectivity index (χ0) is 15.7. The van der Waals surface area contributed by atoms with Crippen LogP contribution in [0.2, 0.25) is 0 Å². The van der Waals surface area contributed by atoms with Crippen LogP contribution >= 0.6 is 0 Å². The number of amides is 1. The zero-order valence-corrected chi connectivity index (χ0v) is 13.1. The molecule has 0 aliphatic rings. The average Bonchev–Trinajstić information content (AvgIpc) is 2.47. The molecule has 0 bridgehead atoms. The van der Waals surface area contributed by atoms with Crippen LogP contribution in [0.25, 0.3) is 0 Å². The highest BCUT2D eigenvalue weighted by Crippen LogP contribution is 2.18. The molecule has 1 aromatic rings. The molecule has 0 spiro atoms. The molecule has 1 unspecified atom stereocenters. The molecular weight excluding hydrogens is 268 g/mol. The summed E-state index contributed by atoms with van der Waals surface area (Å²) in [5.41, 5.74) is 4.74. The van der Waals surface area contributed by atoms with Gasteiger partial charge in [0.25, 0.3) is 0 Å². The standard InChI is InChI=1S/C16H26N2O3/c1-4-11-18-16(3,15(17)19)10-12-21-14-8-6-13(7-9-14)20-5-2/h6-9,18H,4-5,10-12H2,1-3H3,(H2,17,19). The molecule has 1 aromatic carbocycles. The Balaban J connectivity index is 2.48. The van der Waals surface area contributed by atoms with Gasteiger partial charge in [-0.2, -0.15) is 0 Å². The first kappa shape index (κ1) is 17.3. The van der Waals surface area contributed by atoms with Crippen molar-refractivity contribution in [1.82, 2.24) is 5.32 Å². The summed E-state index contributed by atoms with van der Waals surface area (Å²) in [7, 11) is 0. The Morgan fingerprint density at radius 3 is 2.24 bits per heavy atom. The minimum Gasteiger partial charge on any atom is -0.494 e. The van der Waals surface area contributed by atoms with Crippen molar-refractivity contribution in [2.45, 2.75) is 39.2 Å². The fourth-order valence-corrected chi connectivity index (χ4v) is 1.87. The first-order chi connectivity index (χ1) is 10.0. The summed E-state index contributed by atoms with van der Waals surface area (Å²) in [5, 5.41) is 3.18. The van der Waals surface area contributed by atoms with E-state index in [4.69, 9.17) is 15.2 Å². The summed E-state index contributed by atoms with van der Waals surface area (Å²) in [5.74, 6) is 1.21. The van der Waals surface area contributed by atoms with E-state index < -0.39 is 5.54 Å². The second-order valence-electron chi connectivity index (χ2n) is 5.13. The van der Waals surface area contributed by atoms with Crippen molar-refractivity contribution in [2.24, 2.45) is 5.73 Å². The van der Waals surface area contributed by atoms with Gasteiger partial charge in [-0.3, -0.25) is 4.79 Å². The normalized spacial score (nSPS) is 13.5. The van der Waals surface area contributed by atoms with Crippen molar-refractivity contribution in [1.29, 1.82) is 0 Å². The fraction of sp³-hybridized carbons (Fsp3) is 0.562. The summed E-state index contributed by atoms with van der Waals surface area (Å²) in [6.07, 6.45) is 1.47. The highest BCUT2D eigenvalue weighted by Gasteiger charge is 2.29. The Morgan fingerprint density at radius 1 is 1.19 bits per heavy atom. The topological polar surface area (TPSA) is 73.6 Å². The zero-order valence-electron chi connectivity index (χ0n) is 13.1. The maximum Gasteiger partial charge on any atom is 0.237 e. The number of hydrogen-bond acceptors (Lipinski definition) is 4. The van der Waals surface area contributed by atoms with Gasteiger partial charge in [0.1, 0.15) is 11.5 Å². The Bertz CT molecular complexity index is 434. The molecule has 21 heavy (non-hydrogen) atoms. The summed E-state index contributed by atoms with van der Waals surface area (Å²) in [6.45, 7) is 7.61. The van der Waals surface area contributed by atoms with Crippen LogP contribution in [-0.4, -0.2) is 31.2 Å². The minimum atomic E-state index is -0.735. The number of primary amides is 1.